The number of amidine groups is 1. The SMILES string of the molecule is COc1ccc(CC(=O)N=C2S[C@H]3CS(=O)(=O)C[C@@H]3N2c2ccccc2F)cc1OC. The van der Waals surface area contributed by atoms with Crippen molar-refractivity contribution in [3.05, 3.63) is 53.8 Å². The zero-order valence-corrected chi connectivity index (χ0v) is 18.6. The Bertz CT molecular complexity index is 1150. The summed E-state index contributed by atoms with van der Waals surface area (Å²) in [6.07, 6.45) is 0.0170. The van der Waals surface area contributed by atoms with Gasteiger partial charge in [0.1, 0.15) is 5.82 Å². The number of aliphatic imine (C=N–C) groups is 1. The number of sulfone groups is 1. The Hall–Kier alpha value is -2.59. The summed E-state index contributed by atoms with van der Waals surface area (Å²) in [7, 11) is -0.185. The number of hydrogen-bond acceptors (Lipinski definition) is 6. The fourth-order valence-corrected chi connectivity index (χ4v) is 7.73. The van der Waals surface area contributed by atoms with Crippen LogP contribution in [0.5, 0.6) is 11.5 Å². The van der Waals surface area contributed by atoms with Crippen molar-refractivity contribution in [3.63, 3.8) is 0 Å². The Kier molecular flexibility index (Phi) is 5.94. The summed E-state index contributed by atoms with van der Waals surface area (Å²) < 4.78 is 49.3. The van der Waals surface area contributed by atoms with Crippen molar-refractivity contribution >= 4 is 38.4 Å². The van der Waals surface area contributed by atoms with E-state index in [0.29, 0.717) is 22.2 Å². The largest absolute Gasteiger partial charge is 0.493 e. The number of carbonyl (C=O) groups excluding carboxylic acids is 1. The molecule has 0 unspecified atom stereocenters. The molecule has 2 saturated heterocycles. The van der Waals surface area contributed by atoms with Crippen molar-refractivity contribution in [2.45, 2.75) is 17.7 Å². The van der Waals surface area contributed by atoms with E-state index >= 15 is 0 Å². The lowest BCUT2D eigenvalue weighted by Gasteiger charge is -2.24. The molecular formula is C21H21FN2O5S2. The van der Waals surface area contributed by atoms with Crippen LogP contribution in [0.25, 0.3) is 0 Å². The van der Waals surface area contributed by atoms with E-state index in [1.54, 1.807) is 41.3 Å². The lowest BCUT2D eigenvalue weighted by atomic mass is 10.1. The molecular weight excluding hydrogens is 443 g/mol. The molecule has 2 aromatic rings. The van der Waals surface area contributed by atoms with Gasteiger partial charge in [-0.25, -0.2) is 12.8 Å². The quantitative estimate of drug-likeness (QED) is 0.673. The zero-order chi connectivity index (χ0) is 22.2. The molecule has 0 N–H and O–H groups in total. The maximum absolute atomic E-state index is 14.5. The van der Waals surface area contributed by atoms with Crippen LogP contribution in [0.4, 0.5) is 10.1 Å². The summed E-state index contributed by atoms with van der Waals surface area (Å²) in [6.45, 7) is 0. The molecule has 2 atom stereocenters. The highest BCUT2D eigenvalue weighted by Crippen LogP contribution is 2.41. The molecule has 0 saturated carbocycles. The molecule has 2 aliphatic rings. The van der Waals surface area contributed by atoms with Gasteiger partial charge in [-0.2, -0.15) is 4.99 Å². The summed E-state index contributed by atoms with van der Waals surface area (Å²) in [6, 6.07) is 10.8. The molecule has 4 rings (SSSR count). The van der Waals surface area contributed by atoms with Crippen LogP contribution in [-0.2, 0) is 21.1 Å². The number of para-hydroxylation sites is 1. The number of thioether (sulfide) groups is 1. The smallest absolute Gasteiger partial charge is 0.252 e. The summed E-state index contributed by atoms with van der Waals surface area (Å²) in [5.74, 6) is 0.0319. The van der Waals surface area contributed by atoms with E-state index < -0.39 is 27.6 Å². The van der Waals surface area contributed by atoms with Gasteiger partial charge in [-0.3, -0.25) is 4.79 Å². The molecule has 2 heterocycles. The predicted octanol–water partition coefficient (Wildman–Crippen LogP) is 2.69. The maximum atomic E-state index is 14.5. The second-order valence-electron chi connectivity index (χ2n) is 7.28. The average molecular weight is 465 g/mol. The molecule has 1 amide bonds. The van der Waals surface area contributed by atoms with E-state index in [1.807, 2.05) is 0 Å². The van der Waals surface area contributed by atoms with Gasteiger partial charge in [0.25, 0.3) is 5.91 Å². The topological polar surface area (TPSA) is 85.3 Å². The number of anilines is 1. The summed E-state index contributed by atoms with van der Waals surface area (Å²) in [5.41, 5.74) is 0.910. The molecule has 0 bridgehead atoms. The lowest BCUT2D eigenvalue weighted by Crippen LogP contribution is -2.38. The van der Waals surface area contributed by atoms with Crippen LogP contribution in [-0.4, -0.2) is 56.5 Å². The van der Waals surface area contributed by atoms with Gasteiger partial charge in [0, 0.05) is 5.25 Å². The molecule has 0 aromatic heterocycles. The number of halogens is 1. The molecule has 0 spiro atoms. The van der Waals surface area contributed by atoms with E-state index in [1.165, 1.54) is 32.0 Å². The highest BCUT2D eigenvalue weighted by Gasteiger charge is 2.49. The minimum Gasteiger partial charge on any atom is -0.493 e. The van der Waals surface area contributed by atoms with Crippen LogP contribution in [0.1, 0.15) is 5.56 Å². The predicted molar refractivity (Wildman–Crippen MR) is 118 cm³/mol. The number of carbonyl (C=O) groups is 1. The van der Waals surface area contributed by atoms with Gasteiger partial charge in [0.15, 0.2) is 26.5 Å². The number of ether oxygens (including phenoxy) is 2. The number of rotatable bonds is 5. The van der Waals surface area contributed by atoms with E-state index in [9.17, 15) is 17.6 Å². The van der Waals surface area contributed by atoms with E-state index in [4.69, 9.17) is 9.47 Å². The molecule has 31 heavy (non-hydrogen) atoms. The number of benzene rings is 2. The van der Waals surface area contributed by atoms with Gasteiger partial charge in [0.05, 0.1) is 43.9 Å². The zero-order valence-electron chi connectivity index (χ0n) is 16.9. The van der Waals surface area contributed by atoms with Crippen molar-refractivity contribution in [1.82, 2.24) is 0 Å². The van der Waals surface area contributed by atoms with Crippen molar-refractivity contribution in [2.24, 2.45) is 4.99 Å². The fourth-order valence-electron chi connectivity index (χ4n) is 3.80. The second kappa shape index (κ2) is 8.51. The molecule has 7 nitrogen and oxygen atoms in total. The standard InChI is InChI=1S/C21H21FN2O5S2/c1-28-17-8-7-13(9-18(17)29-2)10-20(25)23-21-24(15-6-4-3-5-14(15)22)16-11-31(26,27)12-19(16)30-21/h3-9,16,19H,10-12H2,1-2H3/t16-,19-/m0/s1. The Morgan fingerprint density at radius 3 is 2.61 bits per heavy atom. The van der Waals surface area contributed by atoms with Gasteiger partial charge in [0.2, 0.25) is 0 Å². The number of methoxy groups -OCH3 is 2. The highest BCUT2D eigenvalue weighted by molar-refractivity contribution is 8.16. The van der Waals surface area contributed by atoms with Crippen LogP contribution in [0.2, 0.25) is 0 Å². The molecule has 2 aliphatic heterocycles. The number of amides is 1. The first-order chi connectivity index (χ1) is 14.8. The van der Waals surface area contributed by atoms with Gasteiger partial charge in [-0.1, -0.05) is 30.0 Å². The van der Waals surface area contributed by atoms with Gasteiger partial charge in [-0.05, 0) is 29.8 Å². The van der Waals surface area contributed by atoms with Crippen LogP contribution < -0.4 is 14.4 Å². The number of nitrogens with zero attached hydrogens (tertiary/aromatic N) is 2. The van der Waals surface area contributed by atoms with Crippen molar-refractivity contribution in [3.8, 4) is 11.5 Å². The van der Waals surface area contributed by atoms with Crippen LogP contribution in [0.15, 0.2) is 47.5 Å². The Labute approximate surface area is 184 Å². The van der Waals surface area contributed by atoms with E-state index in [-0.39, 0.29) is 28.9 Å². The maximum Gasteiger partial charge on any atom is 0.252 e. The number of fused-ring (bicyclic) bond motifs is 1. The third-order valence-electron chi connectivity index (χ3n) is 5.20. The van der Waals surface area contributed by atoms with Crippen LogP contribution >= 0.6 is 11.8 Å². The van der Waals surface area contributed by atoms with Gasteiger partial charge < -0.3 is 14.4 Å². The summed E-state index contributed by atoms with van der Waals surface area (Å²) >= 11 is 1.21. The second-order valence-corrected chi connectivity index (χ2v) is 10.6. The third-order valence-corrected chi connectivity index (χ3v) is 8.41. The van der Waals surface area contributed by atoms with E-state index in [0.717, 1.165) is 0 Å². The monoisotopic (exact) mass is 464 g/mol. The normalized spacial score (nSPS) is 23.1. The van der Waals surface area contributed by atoms with E-state index in [2.05, 4.69) is 4.99 Å². The Balaban J connectivity index is 1.63. The number of hydrogen-bond donors (Lipinski definition) is 0. The average Bonchev–Trinajstić information content (AvgIpc) is 3.19. The molecule has 164 valence electrons. The van der Waals surface area contributed by atoms with Crippen molar-refractivity contribution < 1.29 is 27.1 Å². The third kappa shape index (κ3) is 4.40. The first-order valence-corrected chi connectivity index (χ1v) is 12.2. The molecule has 2 fully saturated rings. The summed E-state index contributed by atoms with van der Waals surface area (Å²) in [4.78, 5) is 18.5. The van der Waals surface area contributed by atoms with Gasteiger partial charge >= 0.3 is 0 Å². The van der Waals surface area contributed by atoms with Crippen LogP contribution in [0, 0.1) is 5.82 Å². The first-order valence-electron chi connectivity index (χ1n) is 9.54. The summed E-state index contributed by atoms with van der Waals surface area (Å²) in [5, 5.41) is 0.0257. The van der Waals surface area contributed by atoms with Gasteiger partial charge in [-0.15, -0.1) is 0 Å². The molecule has 10 heteroatoms. The highest BCUT2D eigenvalue weighted by atomic mass is 32.2. The van der Waals surface area contributed by atoms with Crippen LogP contribution in [0.3, 0.4) is 0 Å². The lowest BCUT2D eigenvalue weighted by molar-refractivity contribution is -0.117. The first kappa shape index (κ1) is 21.6. The van der Waals surface area contributed by atoms with Crippen molar-refractivity contribution in [1.29, 1.82) is 0 Å². The molecule has 0 radical (unpaired) electrons. The Morgan fingerprint density at radius 2 is 1.90 bits per heavy atom. The fraction of sp³-hybridized carbons (Fsp3) is 0.333. The molecule has 0 aliphatic carbocycles. The molecule has 2 aromatic carbocycles. The Morgan fingerprint density at radius 1 is 1.16 bits per heavy atom. The minimum atomic E-state index is -3.22. The van der Waals surface area contributed by atoms with Crippen molar-refractivity contribution in [2.75, 3.05) is 30.6 Å². The minimum absolute atomic E-state index is 0.0170.